The van der Waals surface area contributed by atoms with Crippen molar-refractivity contribution < 1.29 is 18.7 Å². The van der Waals surface area contributed by atoms with E-state index in [0.29, 0.717) is 41.3 Å². The van der Waals surface area contributed by atoms with E-state index in [0.717, 1.165) is 44.5 Å². The number of anilines is 3. The quantitative estimate of drug-likeness (QED) is 0.317. The number of nitrogens with zero attached hydrogens (tertiary/aromatic N) is 5. The van der Waals surface area contributed by atoms with Crippen molar-refractivity contribution in [3.05, 3.63) is 92.4 Å². The highest BCUT2D eigenvalue weighted by molar-refractivity contribution is 6.07. The van der Waals surface area contributed by atoms with E-state index in [4.69, 9.17) is 4.74 Å². The SMILES string of the molecule is CC(=O)OCc1c(-c2cn(C)c(=O)c(Nc3ccc4c(c3)CN(C)C4)n2)cc(F)cc1N1CCn2c(cc3c2CCCC3)C1=O. The molecule has 4 aromatic rings. The van der Waals surface area contributed by atoms with Gasteiger partial charge in [0, 0.05) is 68.9 Å². The molecular weight excluding hydrogens is 575 g/mol. The molecule has 0 bridgehead atoms. The number of aryl methyl sites for hydroxylation is 2. The summed E-state index contributed by atoms with van der Waals surface area (Å²) in [6, 6.07) is 10.5. The molecule has 1 amide bonds. The fourth-order valence-electron chi connectivity index (χ4n) is 6.88. The number of ether oxygens (including phenoxy) is 1. The number of carbonyl (C=O) groups is 2. The molecule has 45 heavy (non-hydrogen) atoms. The molecule has 0 spiro atoms. The minimum Gasteiger partial charge on any atom is -0.461 e. The first-order valence-corrected chi connectivity index (χ1v) is 15.3. The van der Waals surface area contributed by atoms with Crippen LogP contribution in [0.15, 0.2) is 47.4 Å². The second-order valence-corrected chi connectivity index (χ2v) is 12.2. The Morgan fingerprint density at radius 2 is 1.80 bits per heavy atom. The highest BCUT2D eigenvalue weighted by Gasteiger charge is 2.32. The maximum atomic E-state index is 15.5. The lowest BCUT2D eigenvalue weighted by atomic mass is 9.98. The summed E-state index contributed by atoms with van der Waals surface area (Å²) < 4.78 is 24.4. The van der Waals surface area contributed by atoms with Crippen LogP contribution in [0.4, 0.5) is 21.6 Å². The number of rotatable bonds is 6. The number of carbonyl (C=O) groups excluding carboxylic acids is 2. The predicted octanol–water partition coefficient (Wildman–Crippen LogP) is 4.68. The molecule has 11 heteroatoms. The second-order valence-electron chi connectivity index (χ2n) is 12.2. The van der Waals surface area contributed by atoms with Gasteiger partial charge in [0.25, 0.3) is 11.5 Å². The molecule has 0 atom stereocenters. The first kappa shape index (κ1) is 29.0. The maximum absolute atomic E-state index is 15.5. The molecule has 7 rings (SSSR count). The Morgan fingerprint density at radius 3 is 2.62 bits per heavy atom. The molecule has 10 nitrogen and oxygen atoms in total. The fourth-order valence-corrected chi connectivity index (χ4v) is 6.88. The summed E-state index contributed by atoms with van der Waals surface area (Å²) in [7, 11) is 3.66. The van der Waals surface area contributed by atoms with E-state index in [1.165, 1.54) is 52.2 Å². The van der Waals surface area contributed by atoms with Gasteiger partial charge in [0.1, 0.15) is 18.1 Å². The summed E-state index contributed by atoms with van der Waals surface area (Å²) in [5, 5.41) is 3.16. The smallest absolute Gasteiger partial charge is 0.302 e. The van der Waals surface area contributed by atoms with Crippen LogP contribution in [0, 0.1) is 5.82 Å². The molecule has 2 aromatic carbocycles. The Bertz CT molecular complexity index is 1930. The van der Waals surface area contributed by atoms with Crippen LogP contribution in [0.25, 0.3) is 11.3 Å². The molecule has 0 saturated carbocycles. The molecule has 4 heterocycles. The zero-order valence-corrected chi connectivity index (χ0v) is 25.7. The van der Waals surface area contributed by atoms with Crippen molar-refractivity contribution >= 4 is 29.1 Å². The average Bonchev–Trinajstić information content (AvgIpc) is 3.58. The van der Waals surface area contributed by atoms with Crippen LogP contribution < -0.4 is 15.8 Å². The fraction of sp³-hybridized carbons (Fsp3) is 0.353. The number of hydrogen-bond donors (Lipinski definition) is 1. The van der Waals surface area contributed by atoms with Gasteiger partial charge in [0.2, 0.25) is 0 Å². The van der Waals surface area contributed by atoms with Gasteiger partial charge in [-0.2, -0.15) is 0 Å². The summed E-state index contributed by atoms with van der Waals surface area (Å²) in [5.41, 5.74) is 7.15. The molecule has 232 valence electrons. The van der Waals surface area contributed by atoms with E-state index < -0.39 is 11.8 Å². The van der Waals surface area contributed by atoms with Crippen molar-refractivity contribution in [1.82, 2.24) is 19.0 Å². The van der Waals surface area contributed by atoms with Gasteiger partial charge in [-0.25, -0.2) is 9.37 Å². The zero-order chi connectivity index (χ0) is 31.4. The van der Waals surface area contributed by atoms with Gasteiger partial charge in [-0.1, -0.05) is 6.07 Å². The lowest BCUT2D eigenvalue weighted by Crippen LogP contribution is -2.41. The van der Waals surface area contributed by atoms with Crippen molar-refractivity contribution in [3.63, 3.8) is 0 Å². The van der Waals surface area contributed by atoms with Crippen molar-refractivity contribution in [3.8, 4) is 11.3 Å². The molecule has 1 aliphatic carbocycles. The first-order valence-electron chi connectivity index (χ1n) is 15.3. The third-order valence-electron chi connectivity index (χ3n) is 9.02. The summed E-state index contributed by atoms with van der Waals surface area (Å²) in [5.74, 6) is -1.24. The maximum Gasteiger partial charge on any atom is 0.302 e. The first-order chi connectivity index (χ1) is 21.7. The minimum atomic E-state index is -0.576. The van der Waals surface area contributed by atoms with Crippen LogP contribution in [0.3, 0.4) is 0 Å². The molecule has 3 aliphatic rings. The molecule has 0 fully saturated rings. The van der Waals surface area contributed by atoms with Crippen LogP contribution in [0.5, 0.6) is 0 Å². The van der Waals surface area contributed by atoms with Gasteiger partial charge in [-0.3, -0.25) is 19.3 Å². The number of amides is 1. The van der Waals surface area contributed by atoms with Crippen molar-refractivity contribution in [2.24, 2.45) is 7.05 Å². The molecule has 1 N–H and O–H groups in total. The van der Waals surface area contributed by atoms with Gasteiger partial charge in [-0.15, -0.1) is 0 Å². The topological polar surface area (TPSA) is 102 Å². The van der Waals surface area contributed by atoms with Crippen LogP contribution in [0.2, 0.25) is 0 Å². The number of fused-ring (bicyclic) bond motifs is 4. The highest BCUT2D eigenvalue weighted by atomic mass is 19.1. The second kappa shape index (κ2) is 11.3. The normalized spacial score (nSPS) is 15.9. The molecule has 2 aromatic heterocycles. The van der Waals surface area contributed by atoms with E-state index in [2.05, 4.69) is 26.8 Å². The summed E-state index contributed by atoms with van der Waals surface area (Å²) >= 11 is 0. The Balaban J connectivity index is 1.30. The number of halogens is 1. The van der Waals surface area contributed by atoms with E-state index in [1.807, 2.05) is 24.3 Å². The van der Waals surface area contributed by atoms with Gasteiger partial charge in [-0.05, 0) is 79.8 Å². The Kier molecular flexibility index (Phi) is 7.27. The van der Waals surface area contributed by atoms with Crippen LogP contribution in [-0.4, -0.2) is 44.5 Å². The van der Waals surface area contributed by atoms with Crippen LogP contribution >= 0.6 is 0 Å². The monoisotopic (exact) mass is 610 g/mol. The van der Waals surface area contributed by atoms with E-state index in [9.17, 15) is 14.4 Å². The molecule has 0 saturated heterocycles. The Morgan fingerprint density at radius 1 is 1.00 bits per heavy atom. The Hall–Kier alpha value is -4.77. The predicted molar refractivity (Wildman–Crippen MR) is 168 cm³/mol. The molecule has 0 radical (unpaired) electrons. The lowest BCUT2D eigenvalue weighted by molar-refractivity contribution is -0.142. The third kappa shape index (κ3) is 5.31. The van der Waals surface area contributed by atoms with Crippen molar-refractivity contribution in [2.45, 2.75) is 58.8 Å². The third-order valence-corrected chi connectivity index (χ3v) is 9.02. The lowest BCUT2D eigenvalue weighted by Gasteiger charge is -2.32. The highest BCUT2D eigenvalue weighted by Crippen LogP contribution is 2.36. The van der Waals surface area contributed by atoms with Gasteiger partial charge in [0.05, 0.1) is 11.4 Å². The average molecular weight is 611 g/mol. The van der Waals surface area contributed by atoms with Crippen molar-refractivity contribution in [2.75, 3.05) is 23.8 Å². The van der Waals surface area contributed by atoms with Crippen LogP contribution in [0.1, 0.15) is 58.2 Å². The largest absolute Gasteiger partial charge is 0.461 e. The number of hydrogen-bond acceptors (Lipinski definition) is 7. The standard InChI is InChI=1S/C34H35FN6O4/c1-20(42)45-19-27-26(28-18-39(3)34(44)32(37-28)36-25-9-8-22-16-38(2)17-23(22)12-25)14-24(35)15-30(27)41-11-10-40-29-7-5-4-6-21(29)13-31(40)33(41)43/h8-9,12-15,18H,4-7,10-11,16-17,19H2,1-3H3,(H,36,37). The van der Waals surface area contributed by atoms with Gasteiger partial charge in [0.15, 0.2) is 5.82 Å². The summed E-state index contributed by atoms with van der Waals surface area (Å²) in [6.07, 6.45) is 5.62. The number of aromatic nitrogens is 3. The van der Waals surface area contributed by atoms with E-state index in [1.54, 1.807) is 11.9 Å². The van der Waals surface area contributed by atoms with Gasteiger partial charge >= 0.3 is 5.97 Å². The Labute approximate surface area is 260 Å². The minimum absolute atomic E-state index is 0.0722. The molecular formula is C34H35FN6O4. The number of esters is 1. The number of nitrogens with one attached hydrogen (secondary N) is 1. The van der Waals surface area contributed by atoms with E-state index >= 15 is 4.39 Å². The number of benzene rings is 2. The summed E-state index contributed by atoms with van der Waals surface area (Å²) in [4.78, 5) is 47.5. The zero-order valence-electron chi connectivity index (χ0n) is 25.7. The van der Waals surface area contributed by atoms with Gasteiger partial charge < -0.3 is 24.1 Å². The van der Waals surface area contributed by atoms with Crippen molar-refractivity contribution in [1.29, 1.82) is 0 Å². The summed E-state index contributed by atoms with van der Waals surface area (Å²) in [6.45, 7) is 3.69. The van der Waals surface area contributed by atoms with E-state index in [-0.39, 0.29) is 23.9 Å². The van der Waals surface area contributed by atoms with Crippen LogP contribution in [-0.2, 0) is 55.7 Å². The molecule has 2 aliphatic heterocycles. The molecule has 0 unspecified atom stereocenters.